The lowest BCUT2D eigenvalue weighted by Gasteiger charge is -2.16. The SMILES string of the molecule is CCOC(=O)Cc1nn(-c2ccccc2)c(OC(C)=O)c1[C@H](C[N+](=O)[O-])c1ccc(F)cc1. The molecule has 0 spiro atoms. The number of ether oxygens (including phenoxy) is 2. The molecular formula is C23H22FN3O6. The van der Waals surface area contributed by atoms with Gasteiger partial charge in [-0.2, -0.15) is 5.10 Å². The van der Waals surface area contributed by atoms with Gasteiger partial charge in [0.2, 0.25) is 12.4 Å². The second kappa shape index (κ2) is 10.5. The van der Waals surface area contributed by atoms with Crippen LogP contribution in [0.2, 0.25) is 0 Å². The summed E-state index contributed by atoms with van der Waals surface area (Å²) < 4.78 is 25.4. The minimum Gasteiger partial charge on any atom is -0.466 e. The van der Waals surface area contributed by atoms with E-state index in [-0.39, 0.29) is 30.2 Å². The molecule has 3 rings (SSSR count). The van der Waals surface area contributed by atoms with Crippen molar-refractivity contribution in [3.8, 4) is 11.6 Å². The zero-order chi connectivity index (χ0) is 24.0. The molecule has 0 aliphatic rings. The zero-order valence-electron chi connectivity index (χ0n) is 18.1. The van der Waals surface area contributed by atoms with Crippen molar-refractivity contribution in [3.05, 3.63) is 87.3 Å². The molecule has 0 aliphatic carbocycles. The molecule has 3 aromatic rings. The number of halogens is 1. The number of benzene rings is 2. The molecule has 2 aromatic carbocycles. The van der Waals surface area contributed by atoms with Crippen molar-refractivity contribution >= 4 is 11.9 Å². The van der Waals surface area contributed by atoms with Crippen LogP contribution in [0.1, 0.15) is 36.6 Å². The summed E-state index contributed by atoms with van der Waals surface area (Å²) >= 11 is 0. The number of hydrogen-bond acceptors (Lipinski definition) is 7. The lowest BCUT2D eigenvalue weighted by atomic mass is 9.90. The summed E-state index contributed by atoms with van der Waals surface area (Å²) in [5.41, 5.74) is 1.26. The van der Waals surface area contributed by atoms with Crippen molar-refractivity contribution in [2.75, 3.05) is 13.2 Å². The second-order valence-corrected chi connectivity index (χ2v) is 7.11. The highest BCUT2D eigenvalue weighted by molar-refractivity contribution is 5.74. The number of nitrogens with zero attached hydrogens (tertiary/aromatic N) is 3. The molecule has 0 radical (unpaired) electrons. The van der Waals surface area contributed by atoms with E-state index in [2.05, 4.69) is 5.10 Å². The summed E-state index contributed by atoms with van der Waals surface area (Å²) in [5, 5.41) is 16.0. The molecule has 0 amide bonds. The Morgan fingerprint density at radius 2 is 1.82 bits per heavy atom. The van der Waals surface area contributed by atoms with Crippen LogP contribution in [0.5, 0.6) is 5.88 Å². The summed E-state index contributed by atoms with van der Waals surface area (Å²) in [6.07, 6.45) is -0.299. The Hall–Kier alpha value is -4.08. The number of hydrogen-bond donors (Lipinski definition) is 0. The Kier molecular flexibility index (Phi) is 7.50. The summed E-state index contributed by atoms with van der Waals surface area (Å²) in [6.45, 7) is 2.38. The third-order valence-electron chi connectivity index (χ3n) is 4.77. The average Bonchev–Trinajstić information content (AvgIpc) is 3.10. The number of aromatic nitrogens is 2. The van der Waals surface area contributed by atoms with E-state index in [9.17, 15) is 24.1 Å². The molecule has 0 unspecified atom stereocenters. The van der Waals surface area contributed by atoms with Crippen molar-refractivity contribution in [2.24, 2.45) is 0 Å². The molecule has 1 atom stereocenters. The zero-order valence-corrected chi connectivity index (χ0v) is 18.1. The highest BCUT2D eigenvalue weighted by Gasteiger charge is 2.33. The van der Waals surface area contributed by atoms with E-state index in [1.807, 2.05) is 0 Å². The van der Waals surface area contributed by atoms with Crippen molar-refractivity contribution < 1.29 is 28.4 Å². The number of carbonyl (C=O) groups is 2. The fraction of sp³-hybridized carbons (Fsp3) is 0.261. The molecule has 1 heterocycles. The molecule has 33 heavy (non-hydrogen) atoms. The van der Waals surface area contributed by atoms with Crippen LogP contribution in [0.25, 0.3) is 5.69 Å². The number of nitro groups is 1. The van der Waals surface area contributed by atoms with E-state index in [0.717, 1.165) is 0 Å². The molecule has 0 saturated carbocycles. The average molecular weight is 455 g/mol. The van der Waals surface area contributed by atoms with Crippen molar-refractivity contribution in [1.29, 1.82) is 0 Å². The largest absolute Gasteiger partial charge is 0.466 e. The minimum atomic E-state index is -0.975. The van der Waals surface area contributed by atoms with Gasteiger partial charge in [-0.05, 0) is 36.8 Å². The van der Waals surface area contributed by atoms with Crippen LogP contribution in [0, 0.1) is 15.9 Å². The molecular weight excluding hydrogens is 433 g/mol. The van der Waals surface area contributed by atoms with Gasteiger partial charge in [-0.1, -0.05) is 30.3 Å². The van der Waals surface area contributed by atoms with Gasteiger partial charge >= 0.3 is 11.9 Å². The molecule has 10 heteroatoms. The van der Waals surface area contributed by atoms with E-state index in [4.69, 9.17) is 9.47 Å². The first-order chi connectivity index (χ1) is 15.8. The molecule has 0 fully saturated rings. The lowest BCUT2D eigenvalue weighted by molar-refractivity contribution is -0.481. The molecule has 1 aromatic heterocycles. The number of carbonyl (C=O) groups excluding carboxylic acids is 2. The van der Waals surface area contributed by atoms with Crippen molar-refractivity contribution in [2.45, 2.75) is 26.2 Å². The Morgan fingerprint density at radius 1 is 1.15 bits per heavy atom. The Morgan fingerprint density at radius 3 is 2.39 bits per heavy atom. The number of rotatable bonds is 9. The first kappa shape index (κ1) is 23.6. The number of para-hydroxylation sites is 1. The van der Waals surface area contributed by atoms with E-state index in [0.29, 0.717) is 11.3 Å². The van der Waals surface area contributed by atoms with Gasteiger partial charge in [0.15, 0.2) is 0 Å². The molecule has 9 nitrogen and oxygen atoms in total. The normalized spacial score (nSPS) is 11.6. The van der Waals surface area contributed by atoms with E-state index in [1.54, 1.807) is 37.3 Å². The second-order valence-electron chi connectivity index (χ2n) is 7.11. The monoisotopic (exact) mass is 455 g/mol. The lowest BCUT2D eigenvalue weighted by Crippen LogP contribution is -2.18. The topological polar surface area (TPSA) is 114 Å². The van der Waals surface area contributed by atoms with Gasteiger partial charge in [0.25, 0.3) is 0 Å². The Balaban J connectivity index is 2.28. The van der Waals surface area contributed by atoms with E-state index >= 15 is 0 Å². The quantitative estimate of drug-likeness (QED) is 0.276. The molecule has 0 aliphatic heterocycles. The van der Waals surface area contributed by atoms with Crippen molar-refractivity contribution in [3.63, 3.8) is 0 Å². The van der Waals surface area contributed by atoms with Crippen LogP contribution in [0.15, 0.2) is 54.6 Å². The van der Waals surface area contributed by atoms with Gasteiger partial charge in [0, 0.05) is 11.8 Å². The van der Waals surface area contributed by atoms with Crippen LogP contribution in [-0.4, -0.2) is 39.8 Å². The van der Waals surface area contributed by atoms with Gasteiger partial charge in [0.05, 0.1) is 35.9 Å². The highest BCUT2D eigenvalue weighted by atomic mass is 19.1. The maximum absolute atomic E-state index is 13.5. The van der Waals surface area contributed by atoms with Crippen LogP contribution >= 0.6 is 0 Å². The van der Waals surface area contributed by atoms with Crippen LogP contribution in [0.4, 0.5) is 4.39 Å². The summed E-state index contributed by atoms with van der Waals surface area (Å²) in [4.78, 5) is 35.3. The predicted octanol–water partition coefficient (Wildman–Crippen LogP) is 3.45. The predicted molar refractivity (Wildman–Crippen MR) is 115 cm³/mol. The highest BCUT2D eigenvalue weighted by Crippen LogP contribution is 2.37. The molecule has 172 valence electrons. The third-order valence-corrected chi connectivity index (χ3v) is 4.77. The molecule has 0 saturated heterocycles. The van der Waals surface area contributed by atoms with E-state index < -0.39 is 35.1 Å². The Bertz CT molecular complexity index is 1150. The van der Waals surface area contributed by atoms with Crippen LogP contribution in [0.3, 0.4) is 0 Å². The fourth-order valence-electron chi connectivity index (χ4n) is 3.47. The van der Waals surface area contributed by atoms with Gasteiger partial charge in [0.1, 0.15) is 5.82 Å². The van der Waals surface area contributed by atoms with E-state index in [1.165, 1.54) is 35.9 Å². The van der Waals surface area contributed by atoms with Crippen LogP contribution in [-0.2, 0) is 20.7 Å². The van der Waals surface area contributed by atoms with Gasteiger partial charge in [-0.3, -0.25) is 19.7 Å². The minimum absolute atomic E-state index is 0.0517. The Labute approximate surface area is 188 Å². The molecule has 0 bridgehead atoms. The van der Waals surface area contributed by atoms with Gasteiger partial charge < -0.3 is 9.47 Å². The third kappa shape index (κ3) is 5.79. The first-order valence-electron chi connectivity index (χ1n) is 10.2. The van der Waals surface area contributed by atoms with Gasteiger partial charge in [-0.25, -0.2) is 9.07 Å². The maximum atomic E-state index is 13.5. The van der Waals surface area contributed by atoms with Crippen LogP contribution < -0.4 is 4.74 Å². The van der Waals surface area contributed by atoms with Gasteiger partial charge in [-0.15, -0.1) is 0 Å². The standard InChI is InChI=1S/C23H22FN3O6/c1-3-32-21(29)13-20-22(19(14-26(30)31)16-9-11-17(24)12-10-16)23(33-15(2)28)27(25-20)18-7-5-4-6-8-18/h4-12,19H,3,13-14H2,1-2H3/t19-/m1/s1. The first-order valence-corrected chi connectivity index (χ1v) is 10.2. The molecule has 0 N–H and O–H groups in total. The summed E-state index contributed by atoms with van der Waals surface area (Å²) in [6, 6.07) is 13.9. The summed E-state index contributed by atoms with van der Waals surface area (Å²) in [7, 11) is 0. The maximum Gasteiger partial charge on any atom is 0.311 e. The smallest absolute Gasteiger partial charge is 0.311 e. The fourth-order valence-corrected chi connectivity index (χ4v) is 3.47. The number of esters is 2. The summed E-state index contributed by atoms with van der Waals surface area (Å²) in [5.74, 6) is -2.80. The van der Waals surface area contributed by atoms with Crippen molar-refractivity contribution in [1.82, 2.24) is 9.78 Å².